The van der Waals surface area contributed by atoms with E-state index in [-0.39, 0.29) is 11.5 Å². The smallest absolute Gasteiger partial charge is 0.0711 e. The molecule has 2 rings (SSSR count). The zero-order valence-electron chi connectivity index (χ0n) is 12.1. The molecule has 0 radical (unpaired) electrons. The van der Waals surface area contributed by atoms with Gasteiger partial charge in [-0.15, -0.1) is 0 Å². The summed E-state index contributed by atoms with van der Waals surface area (Å²) in [6.07, 6.45) is 8.17. The van der Waals surface area contributed by atoms with Crippen molar-refractivity contribution in [1.29, 1.82) is 0 Å². The van der Waals surface area contributed by atoms with E-state index in [9.17, 15) is 0 Å². The first-order chi connectivity index (χ1) is 9.00. The molecular weight excluding hydrogens is 304 g/mol. The summed E-state index contributed by atoms with van der Waals surface area (Å²) in [5.41, 5.74) is 4.52. The molecule has 5 heteroatoms. The monoisotopic (exact) mass is 328 g/mol. The van der Waals surface area contributed by atoms with E-state index in [1.807, 2.05) is 17.9 Å². The van der Waals surface area contributed by atoms with Crippen molar-refractivity contribution in [2.24, 2.45) is 24.2 Å². The lowest BCUT2D eigenvalue weighted by molar-refractivity contribution is 0.149. The number of nitrogens with one attached hydrogen (secondary N) is 1. The van der Waals surface area contributed by atoms with Crippen molar-refractivity contribution in [2.75, 3.05) is 0 Å². The Morgan fingerprint density at radius 3 is 2.53 bits per heavy atom. The molecule has 3 N–H and O–H groups in total. The van der Waals surface area contributed by atoms with Gasteiger partial charge in [0.15, 0.2) is 0 Å². The van der Waals surface area contributed by atoms with Crippen LogP contribution in [0.25, 0.3) is 0 Å². The predicted molar refractivity (Wildman–Crippen MR) is 81.3 cm³/mol. The van der Waals surface area contributed by atoms with E-state index in [1.165, 1.54) is 37.8 Å². The Balaban J connectivity index is 2.38. The highest BCUT2D eigenvalue weighted by atomic mass is 79.9. The summed E-state index contributed by atoms with van der Waals surface area (Å²) in [6, 6.07) is 0.166. The van der Waals surface area contributed by atoms with Gasteiger partial charge in [0.2, 0.25) is 0 Å². The maximum atomic E-state index is 5.93. The van der Waals surface area contributed by atoms with E-state index in [0.29, 0.717) is 5.92 Å². The minimum Gasteiger partial charge on any atom is -0.271 e. The Labute approximate surface area is 124 Å². The zero-order chi connectivity index (χ0) is 14.0. The van der Waals surface area contributed by atoms with Crippen LogP contribution in [0, 0.1) is 11.3 Å². The van der Waals surface area contributed by atoms with E-state index in [2.05, 4.69) is 40.3 Å². The molecular formula is C14H25BrN4. The largest absolute Gasteiger partial charge is 0.271 e. The van der Waals surface area contributed by atoms with Crippen LogP contribution in [0.5, 0.6) is 0 Å². The summed E-state index contributed by atoms with van der Waals surface area (Å²) in [7, 11) is 1.99. The SMILES string of the molecule is CC(C)CC1(C(NN)c2c(Br)cnn2C)CCCC1. The predicted octanol–water partition coefficient (Wildman–Crippen LogP) is 3.29. The van der Waals surface area contributed by atoms with Crippen LogP contribution >= 0.6 is 15.9 Å². The zero-order valence-corrected chi connectivity index (χ0v) is 13.7. The van der Waals surface area contributed by atoms with Crippen molar-refractivity contribution in [3.63, 3.8) is 0 Å². The van der Waals surface area contributed by atoms with Gasteiger partial charge in [0.05, 0.1) is 22.4 Å². The number of nitrogens with two attached hydrogens (primary N) is 1. The number of aromatic nitrogens is 2. The van der Waals surface area contributed by atoms with Gasteiger partial charge in [0.1, 0.15) is 0 Å². The van der Waals surface area contributed by atoms with Crippen molar-refractivity contribution in [1.82, 2.24) is 15.2 Å². The third-order valence-corrected chi connectivity index (χ3v) is 5.02. The quantitative estimate of drug-likeness (QED) is 0.644. The van der Waals surface area contributed by atoms with Gasteiger partial charge in [0, 0.05) is 7.05 Å². The summed E-state index contributed by atoms with van der Waals surface area (Å²) in [5.74, 6) is 6.61. The molecule has 1 saturated carbocycles. The second-order valence-electron chi connectivity index (χ2n) is 6.27. The highest BCUT2D eigenvalue weighted by molar-refractivity contribution is 9.10. The van der Waals surface area contributed by atoms with Crippen LogP contribution in [-0.4, -0.2) is 9.78 Å². The maximum Gasteiger partial charge on any atom is 0.0711 e. The van der Waals surface area contributed by atoms with Gasteiger partial charge in [-0.25, -0.2) is 0 Å². The molecule has 1 heterocycles. The Kier molecular flexibility index (Phi) is 4.69. The van der Waals surface area contributed by atoms with E-state index in [4.69, 9.17) is 5.84 Å². The molecule has 0 aliphatic heterocycles. The third kappa shape index (κ3) is 2.88. The lowest BCUT2D eigenvalue weighted by Gasteiger charge is -2.39. The van der Waals surface area contributed by atoms with Crippen LogP contribution < -0.4 is 11.3 Å². The minimum atomic E-state index is 0.166. The number of rotatable bonds is 5. The van der Waals surface area contributed by atoms with E-state index < -0.39 is 0 Å². The van der Waals surface area contributed by atoms with E-state index >= 15 is 0 Å². The van der Waals surface area contributed by atoms with E-state index in [0.717, 1.165) is 4.47 Å². The standard InChI is InChI=1S/C14H25BrN4/c1-10(2)8-14(6-4-5-7-14)13(18-16)12-11(15)9-17-19(12)3/h9-10,13,18H,4-8,16H2,1-3H3. The number of hydrazine groups is 1. The number of hydrogen-bond acceptors (Lipinski definition) is 3. The maximum absolute atomic E-state index is 5.93. The molecule has 108 valence electrons. The lowest BCUT2D eigenvalue weighted by Crippen LogP contribution is -2.42. The average molecular weight is 329 g/mol. The third-order valence-electron chi connectivity index (χ3n) is 4.40. The van der Waals surface area contributed by atoms with Crippen LogP contribution in [0.3, 0.4) is 0 Å². The molecule has 1 aliphatic carbocycles. The fourth-order valence-corrected chi connectivity index (χ4v) is 4.37. The van der Waals surface area contributed by atoms with Gasteiger partial charge in [-0.05, 0) is 46.5 Å². The van der Waals surface area contributed by atoms with E-state index in [1.54, 1.807) is 0 Å². The molecule has 4 nitrogen and oxygen atoms in total. The van der Waals surface area contributed by atoms with Gasteiger partial charge >= 0.3 is 0 Å². The lowest BCUT2D eigenvalue weighted by atomic mass is 9.71. The number of aryl methyl sites for hydroxylation is 1. The summed E-state index contributed by atoms with van der Waals surface area (Å²) in [6.45, 7) is 4.60. The molecule has 0 saturated heterocycles. The fraction of sp³-hybridized carbons (Fsp3) is 0.786. The molecule has 1 atom stereocenters. The van der Waals surface area contributed by atoms with Gasteiger partial charge in [-0.2, -0.15) is 5.10 Å². The Hall–Kier alpha value is -0.390. The number of halogens is 1. The first kappa shape index (κ1) is 15.0. The molecule has 19 heavy (non-hydrogen) atoms. The number of hydrogen-bond donors (Lipinski definition) is 2. The van der Waals surface area contributed by atoms with Crippen molar-refractivity contribution in [3.05, 3.63) is 16.4 Å². The summed E-state index contributed by atoms with van der Waals surface area (Å²) >= 11 is 3.62. The van der Waals surface area contributed by atoms with Crippen LogP contribution in [-0.2, 0) is 7.05 Å². The van der Waals surface area contributed by atoms with Crippen molar-refractivity contribution < 1.29 is 0 Å². The molecule has 1 aromatic rings. The Morgan fingerprint density at radius 1 is 1.47 bits per heavy atom. The molecule has 0 aromatic carbocycles. The number of nitrogens with zero attached hydrogens (tertiary/aromatic N) is 2. The topological polar surface area (TPSA) is 55.9 Å². The second-order valence-corrected chi connectivity index (χ2v) is 7.12. The first-order valence-corrected chi connectivity index (χ1v) is 7.93. The second kappa shape index (κ2) is 5.94. The van der Waals surface area contributed by atoms with Gasteiger partial charge < -0.3 is 0 Å². The fourth-order valence-electron chi connectivity index (χ4n) is 3.79. The van der Waals surface area contributed by atoms with Crippen LogP contribution in [0.1, 0.15) is 57.7 Å². The Morgan fingerprint density at radius 2 is 2.11 bits per heavy atom. The highest BCUT2D eigenvalue weighted by Crippen LogP contribution is 2.52. The normalized spacial score (nSPS) is 20.1. The molecule has 0 spiro atoms. The van der Waals surface area contributed by atoms with Crippen molar-refractivity contribution >= 4 is 15.9 Å². The van der Waals surface area contributed by atoms with Crippen molar-refractivity contribution in [3.8, 4) is 0 Å². The van der Waals surface area contributed by atoms with Crippen LogP contribution in [0.4, 0.5) is 0 Å². The molecule has 1 unspecified atom stereocenters. The van der Waals surface area contributed by atoms with Gasteiger partial charge in [-0.1, -0.05) is 26.7 Å². The molecule has 1 fully saturated rings. The molecule has 0 amide bonds. The molecule has 0 bridgehead atoms. The van der Waals surface area contributed by atoms with Gasteiger partial charge in [0.25, 0.3) is 0 Å². The minimum absolute atomic E-state index is 0.166. The average Bonchev–Trinajstić information content (AvgIpc) is 2.91. The Bertz CT molecular complexity index is 402. The van der Waals surface area contributed by atoms with Gasteiger partial charge in [-0.3, -0.25) is 16.0 Å². The highest BCUT2D eigenvalue weighted by Gasteiger charge is 2.43. The van der Waals surface area contributed by atoms with Crippen LogP contribution in [0.15, 0.2) is 10.7 Å². The van der Waals surface area contributed by atoms with Crippen LogP contribution in [0.2, 0.25) is 0 Å². The summed E-state index contributed by atoms with van der Waals surface area (Å²) in [5, 5.41) is 4.34. The summed E-state index contributed by atoms with van der Waals surface area (Å²) < 4.78 is 2.99. The van der Waals surface area contributed by atoms with Crippen molar-refractivity contribution in [2.45, 2.75) is 52.0 Å². The molecule has 1 aromatic heterocycles. The summed E-state index contributed by atoms with van der Waals surface area (Å²) in [4.78, 5) is 0. The first-order valence-electron chi connectivity index (χ1n) is 7.13. The molecule has 1 aliphatic rings.